The number of halogens is 2. The van der Waals surface area contributed by atoms with Gasteiger partial charge in [-0.15, -0.1) is 11.8 Å². The Morgan fingerprint density at radius 3 is 2.82 bits per heavy atom. The Bertz CT molecular complexity index is 1240. The number of rotatable bonds is 3. The minimum Gasteiger partial charge on any atom is -0.453 e. The van der Waals surface area contributed by atoms with Crippen LogP contribution in [0, 0.1) is 11.7 Å². The molecule has 5 rings (SSSR count). The van der Waals surface area contributed by atoms with Gasteiger partial charge in [0.05, 0.1) is 24.7 Å². The van der Waals surface area contributed by atoms with Crippen LogP contribution in [0.5, 0.6) is 0 Å². The zero-order valence-electron chi connectivity index (χ0n) is 19.1. The second kappa shape index (κ2) is 8.60. The minimum atomic E-state index is -0.608. The van der Waals surface area contributed by atoms with Crippen LogP contribution < -0.4 is 5.32 Å². The summed E-state index contributed by atoms with van der Waals surface area (Å²) in [5.74, 6) is -0.267. The molecule has 3 aromatic rings. The zero-order chi connectivity index (χ0) is 23.4. The quantitative estimate of drug-likeness (QED) is 0.402. The van der Waals surface area contributed by atoms with Gasteiger partial charge in [0.15, 0.2) is 11.0 Å². The highest BCUT2D eigenvalue weighted by molar-refractivity contribution is 7.98. The molecule has 2 saturated heterocycles. The summed E-state index contributed by atoms with van der Waals surface area (Å²) in [6.07, 6.45) is 4.96. The van der Waals surface area contributed by atoms with E-state index in [-0.39, 0.29) is 34.9 Å². The largest absolute Gasteiger partial charge is 0.453 e. The molecule has 2 aliphatic rings. The summed E-state index contributed by atoms with van der Waals surface area (Å²) in [6.45, 7) is 5.92. The van der Waals surface area contributed by atoms with Crippen molar-refractivity contribution in [3.63, 3.8) is 0 Å². The number of methoxy groups -OCH3 is 1. The Labute approximate surface area is 201 Å². The second-order valence-corrected chi connectivity index (χ2v) is 10.1. The summed E-state index contributed by atoms with van der Waals surface area (Å²) in [5, 5.41) is 5.69. The fraction of sp³-hybridized carbons (Fsp3) is 0.522. The zero-order valence-corrected chi connectivity index (χ0v) is 20.6. The molecule has 1 amide bonds. The lowest BCUT2D eigenvalue weighted by Crippen LogP contribution is -2.33. The van der Waals surface area contributed by atoms with Crippen LogP contribution in [0.4, 0.5) is 9.18 Å². The van der Waals surface area contributed by atoms with E-state index in [9.17, 15) is 4.79 Å². The Morgan fingerprint density at radius 1 is 1.36 bits per heavy atom. The van der Waals surface area contributed by atoms with E-state index in [1.165, 1.54) is 18.9 Å². The lowest BCUT2D eigenvalue weighted by molar-refractivity contribution is 0.117. The molecule has 1 N–H and O–H groups in total. The molecule has 7 nitrogen and oxygen atoms in total. The summed E-state index contributed by atoms with van der Waals surface area (Å²) in [7, 11) is 1.42. The summed E-state index contributed by atoms with van der Waals surface area (Å²) in [5.41, 5.74) is 2.15. The molecule has 0 aliphatic carbocycles. The van der Waals surface area contributed by atoms with Crippen LogP contribution in [0.3, 0.4) is 0 Å². The van der Waals surface area contributed by atoms with Gasteiger partial charge in [0.2, 0.25) is 0 Å². The average molecular weight is 492 g/mol. The highest BCUT2D eigenvalue weighted by atomic mass is 35.5. The average Bonchev–Trinajstić information content (AvgIpc) is 3.52. The smallest absolute Gasteiger partial charge is 0.410 e. The Balaban J connectivity index is 1.87. The van der Waals surface area contributed by atoms with Crippen LogP contribution in [0.25, 0.3) is 21.8 Å². The Kier molecular flexibility index (Phi) is 5.91. The first-order valence-electron chi connectivity index (χ1n) is 11.2. The lowest BCUT2D eigenvalue weighted by atomic mass is 9.99. The van der Waals surface area contributed by atoms with Crippen molar-refractivity contribution < 1.29 is 13.9 Å². The molecule has 2 aliphatic heterocycles. The summed E-state index contributed by atoms with van der Waals surface area (Å²) >= 11 is 7.49. The molecule has 0 radical (unpaired) electrons. The number of nitrogens with one attached hydrogen (secondary N) is 1. The van der Waals surface area contributed by atoms with E-state index >= 15 is 4.39 Å². The first-order chi connectivity index (χ1) is 15.9. The number of carbonyl (C=O) groups is 1. The van der Waals surface area contributed by atoms with Gasteiger partial charge in [-0.05, 0) is 38.0 Å². The van der Waals surface area contributed by atoms with Crippen LogP contribution in [-0.2, 0) is 4.74 Å². The van der Waals surface area contributed by atoms with E-state index < -0.39 is 5.82 Å². The highest BCUT2D eigenvalue weighted by Gasteiger charge is 2.39. The topological polar surface area (TPSA) is 72.3 Å². The van der Waals surface area contributed by atoms with Gasteiger partial charge in [0.1, 0.15) is 10.5 Å². The number of nitrogens with zero attached hydrogens (tertiary/aromatic N) is 4. The van der Waals surface area contributed by atoms with Crippen LogP contribution in [0.1, 0.15) is 44.5 Å². The van der Waals surface area contributed by atoms with Gasteiger partial charge < -0.3 is 14.6 Å². The molecule has 176 valence electrons. The van der Waals surface area contributed by atoms with E-state index in [4.69, 9.17) is 16.3 Å². The van der Waals surface area contributed by atoms with Crippen molar-refractivity contribution in [2.75, 3.05) is 26.5 Å². The monoisotopic (exact) mass is 491 g/mol. The van der Waals surface area contributed by atoms with E-state index in [0.717, 1.165) is 41.0 Å². The van der Waals surface area contributed by atoms with Crippen molar-refractivity contribution in [2.24, 2.45) is 5.92 Å². The van der Waals surface area contributed by atoms with Gasteiger partial charge in [-0.2, -0.15) is 0 Å². The summed E-state index contributed by atoms with van der Waals surface area (Å²) < 4.78 is 22.5. The van der Waals surface area contributed by atoms with E-state index in [2.05, 4.69) is 39.8 Å². The number of amides is 1. The molecule has 0 saturated carbocycles. The maximum absolute atomic E-state index is 15.1. The summed E-state index contributed by atoms with van der Waals surface area (Å²) in [4.78, 5) is 23.1. The molecule has 4 atom stereocenters. The number of carbonyl (C=O) groups excluding carboxylic acids is 1. The number of thioether (sulfide) groups is 1. The van der Waals surface area contributed by atoms with Crippen molar-refractivity contribution in [1.82, 2.24) is 24.8 Å². The number of pyridine rings is 2. The first kappa shape index (κ1) is 22.7. The number of likely N-dealkylation sites (tertiary alicyclic amines) is 1. The third-order valence-corrected chi connectivity index (χ3v) is 8.03. The molecule has 3 aromatic heterocycles. The molecule has 0 spiro atoms. The molecule has 2 fully saturated rings. The Hall–Kier alpha value is -2.10. The van der Waals surface area contributed by atoms with E-state index in [1.807, 2.05) is 6.26 Å². The fourth-order valence-electron chi connectivity index (χ4n) is 5.61. The van der Waals surface area contributed by atoms with Gasteiger partial charge >= 0.3 is 6.09 Å². The first-order valence-corrected chi connectivity index (χ1v) is 12.8. The molecule has 10 heteroatoms. The molecule has 0 bridgehead atoms. The van der Waals surface area contributed by atoms with Crippen molar-refractivity contribution in [3.05, 3.63) is 28.9 Å². The van der Waals surface area contributed by atoms with Crippen LogP contribution in [-0.4, -0.2) is 58.0 Å². The number of hydrogen-bond acceptors (Lipinski definition) is 6. The van der Waals surface area contributed by atoms with Crippen molar-refractivity contribution >= 4 is 51.3 Å². The Morgan fingerprint density at radius 2 is 2.15 bits per heavy atom. The molecular weight excluding hydrogens is 465 g/mol. The maximum atomic E-state index is 15.1. The van der Waals surface area contributed by atoms with Crippen molar-refractivity contribution in [1.29, 1.82) is 0 Å². The van der Waals surface area contributed by atoms with Gasteiger partial charge in [-0.3, -0.25) is 4.90 Å². The molecule has 33 heavy (non-hydrogen) atoms. The summed E-state index contributed by atoms with van der Waals surface area (Å²) in [6, 6.07) is 2.33. The fourth-order valence-corrected chi connectivity index (χ4v) is 6.31. The molecular formula is C23H27ClFN5O2S. The standard InChI is InChI=1S/C23H27ClFN5O2S/c1-11-9-26-12(2)19(11)30-16(15-6-5-7-29(15)23(31)32-3)8-13-20(30)14-10-27-21(24)17(25)18(14)28-22(13)33-4/h8,10-12,15,19,26H,5-7,9H2,1-4H3/t11-,12-,15-,19+/m1/s1. The number of hydrogen-bond donors (Lipinski definition) is 1. The van der Waals surface area contributed by atoms with E-state index in [0.29, 0.717) is 17.8 Å². The number of ether oxygens (including phenoxy) is 1. The minimum absolute atomic E-state index is 0.122. The van der Waals surface area contributed by atoms with Crippen LogP contribution in [0.15, 0.2) is 17.3 Å². The van der Waals surface area contributed by atoms with E-state index in [1.54, 1.807) is 11.1 Å². The van der Waals surface area contributed by atoms with Crippen molar-refractivity contribution in [2.45, 2.75) is 49.8 Å². The maximum Gasteiger partial charge on any atom is 0.410 e. The number of aromatic nitrogens is 3. The van der Waals surface area contributed by atoms with Crippen molar-refractivity contribution in [3.8, 4) is 0 Å². The predicted octanol–water partition coefficient (Wildman–Crippen LogP) is 5.17. The normalized spacial score (nSPS) is 25.5. The highest BCUT2D eigenvalue weighted by Crippen LogP contribution is 2.44. The molecule has 5 heterocycles. The molecule has 0 unspecified atom stereocenters. The van der Waals surface area contributed by atoms with Gasteiger partial charge in [0.25, 0.3) is 0 Å². The van der Waals surface area contributed by atoms with Gasteiger partial charge in [-0.25, -0.2) is 19.2 Å². The second-order valence-electron chi connectivity index (χ2n) is 8.93. The van der Waals surface area contributed by atoms with Gasteiger partial charge in [-0.1, -0.05) is 18.5 Å². The third-order valence-electron chi connectivity index (χ3n) is 7.07. The number of fused-ring (bicyclic) bond motifs is 3. The lowest BCUT2D eigenvalue weighted by Gasteiger charge is -2.30. The SMILES string of the molecule is COC(=O)N1CCC[C@@H]1c1cc2c(SC)nc3c(F)c(Cl)ncc3c2n1[C@H]1[C@H](C)CN[C@@H]1C. The van der Waals surface area contributed by atoms with Crippen LogP contribution >= 0.6 is 23.4 Å². The molecule has 0 aromatic carbocycles. The van der Waals surface area contributed by atoms with Crippen LogP contribution in [0.2, 0.25) is 5.15 Å². The van der Waals surface area contributed by atoms with Gasteiger partial charge in [0, 0.05) is 41.8 Å². The third kappa shape index (κ3) is 3.47. The predicted molar refractivity (Wildman–Crippen MR) is 129 cm³/mol.